The fourth-order valence-electron chi connectivity index (χ4n) is 2.74. The van der Waals surface area contributed by atoms with Crippen LogP contribution in [0.4, 0.5) is 0 Å². The molecule has 0 aromatic carbocycles. The molecule has 1 aliphatic rings. The Kier molecular flexibility index (Phi) is 6.09. The van der Waals surface area contributed by atoms with E-state index >= 15 is 0 Å². The van der Waals surface area contributed by atoms with Crippen molar-refractivity contribution in [2.24, 2.45) is 17.1 Å². The van der Waals surface area contributed by atoms with E-state index in [1.807, 2.05) is 0 Å². The van der Waals surface area contributed by atoms with Crippen molar-refractivity contribution in [3.05, 3.63) is 0 Å². The van der Waals surface area contributed by atoms with Crippen molar-refractivity contribution >= 4 is 0 Å². The number of rotatable bonds is 8. The summed E-state index contributed by atoms with van der Waals surface area (Å²) in [5.41, 5.74) is 6.49. The van der Waals surface area contributed by atoms with E-state index in [0.29, 0.717) is 6.04 Å². The van der Waals surface area contributed by atoms with Gasteiger partial charge < -0.3 is 10.5 Å². The highest BCUT2D eigenvalue weighted by Crippen LogP contribution is 2.29. The summed E-state index contributed by atoms with van der Waals surface area (Å²) in [5, 5.41) is 0. The van der Waals surface area contributed by atoms with Gasteiger partial charge >= 0.3 is 0 Å². The van der Waals surface area contributed by atoms with Gasteiger partial charge in [0.25, 0.3) is 0 Å². The maximum atomic E-state index is 6.28. The Labute approximate surface area is 113 Å². The van der Waals surface area contributed by atoms with E-state index in [0.717, 1.165) is 32.1 Å². The number of ether oxygens (including phenoxy) is 1. The van der Waals surface area contributed by atoms with Gasteiger partial charge in [-0.3, -0.25) is 4.90 Å². The number of likely N-dealkylation sites (N-methyl/N-ethyl adjacent to an activating group) is 1. The molecular weight excluding hydrogens is 224 g/mol. The molecule has 0 radical (unpaired) electrons. The van der Waals surface area contributed by atoms with E-state index in [4.69, 9.17) is 10.5 Å². The molecule has 1 aliphatic carbocycles. The lowest BCUT2D eigenvalue weighted by Gasteiger charge is -2.41. The molecule has 0 spiro atoms. The molecule has 2 N–H and O–H groups in total. The summed E-state index contributed by atoms with van der Waals surface area (Å²) in [6.07, 6.45) is 3.75. The monoisotopic (exact) mass is 256 g/mol. The minimum Gasteiger partial charge on any atom is -0.380 e. The topological polar surface area (TPSA) is 38.5 Å². The molecule has 1 fully saturated rings. The van der Waals surface area contributed by atoms with E-state index in [1.165, 1.54) is 12.8 Å². The number of nitrogens with two attached hydrogens (primary N) is 1. The lowest BCUT2D eigenvalue weighted by Crippen LogP contribution is -2.53. The second kappa shape index (κ2) is 6.88. The fraction of sp³-hybridized carbons (Fsp3) is 1.00. The van der Waals surface area contributed by atoms with Crippen LogP contribution in [0.3, 0.4) is 0 Å². The lowest BCUT2D eigenvalue weighted by molar-refractivity contribution is 0.0528. The van der Waals surface area contributed by atoms with Crippen LogP contribution in [0.5, 0.6) is 0 Å². The molecule has 2 unspecified atom stereocenters. The van der Waals surface area contributed by atoms with Crippen LogP contribution in [0.15, 0.2) is 0 Å². The summed E-state index contributed by atoms with van der Waals surface area (Å²) in [5.74, 6) is 0.853. The van der Waals surface area contributed by atoms with Crippen molar-refractivity contribution in [2.45, 2.75) is 59.0 Å². The van der Waals surface area contributed by atoms with Crippen LogP contribution < -0.4 is 5.73 Å². The molecule has 1 rings (SSSR count). The maximum Gasteiger partial charge on any atom is 0.0593 e. The van der Waals surface area contributed by atoms with Gasteiger partial charge in [0.2, 0.25) is 0 Å². The zero-order chi connectivity index (χ0) is 13.8. The summed E-state index contributed by atoms with van der Waals surface area (Å²) < 4.78 is 5.72. The SMILES string of the molecule is CCC(N)C(N(C)CCOCC1CC1)C(C)(C)C. The highest BCUT2D eigenvalue weighted by molar-refractivity contribution is 4.89. The van der Waals surface area contributed by atoms with E-state index in [-0.39, 0.29) is 11.5 Å². The molecule has 1 saturated carbocycles. The largest absolute Gasteiger partial charge is 0.380 e. The molecule has 0 amide bonds. The van der Waals surface area contributed by atoms with Gasteiger partial charge in [0.05, 0.1) is 6.61 Å². The quantitative estimate of drug-likeness (QED) is 0.678. The van der Waals surface area contributed by atoms with Crippen LogP contribution >= 0.6 is 0 Å². The van der Waals surface area contributed by atoms with E-state index < -0.39 is 0 Å². The second-order valence-corrected chi connectivity index (χ2v) is 6.88. The smallest absolute Gasteiger partial charge is 0.0593 e. The van der Waals surface area contributed by atoms with Gasteiger partial charge in [0, 0.05) is 25.2 Å². The molecular formula is C15H32N2O. The minimum absolute atomic E-state index is 0.209. The van der Waals surface area contributed by atoms with Gasteiger partial charge in [-0.1, -0.05) is 27.7 Å². The summed E-state index contributed by atoms with van der Waals surface area (Å²) >= 11 is 0. The fourth-order valence-corrected chi connectivity index (χ4v) is 2.74. The summed E-state index contributed by atoms with van der Waals surface area (Å²) in [4.78, 5) is 2.38. The Morgan fingerprint density at radius 1 is 1.33 bits per heavy atom. The van der Waals surface area contributed by atoms with E-state index in [9.17, 15) is 0 Å². The van der Waals surface area contributed by atoms with Crippen molar-refractivity contribution in [3.63, 3.8) is 0 Å². The first-order chi connectivity index (χ1) is 8.36. The molecule has 108 valence electrons. The molecule has 3 nitrogen and oxygen atoms in total. The number of hydrogen-bond donors (Lipinski definition) is 1. The maximum absolute atomic E-state index is 6.28. The molecule has 0 bridgehead atoms. The zero-order valence-corrected chi connectivity index (χ0v) is 12.9. The van der Waals surface area contributed by atoms with E-state index in [2.05, 4.69) is 39.6 Å². The minimum atomic E-state index is 0.209. The van der Waals surface area contributed by atoms with Crippen molar-refractivity contribution in [3.8, 4) is 0 Å². The van der Waals surface area contributed by atoms with Crippen molar-refractivity contribution in [1.82, 2.24) is 4.90 Å². The Morgan fingerprint density at radius 3 is 2.39 bits per heavy atom. The van der Waals surface area contributed by atoms with Gasteiger partial charge in [-0.2, -0.15) is 0 Å². The van der Waals surface area contributed by atoms with Gasteiger partial charge in [0.15, 0.2) is 0 Å². The summed E-state index contributed by atoms with van der Waals surface area (Å²) in [7, 11) is 2.17. The molecule has 2 atom stereocenters. The van der Waals surface area contributed by atoms with Crippen molar-refractivity contribution < 1.29 is 4.74 Å². The van der Waals surface area contributed by atoms with Crippen molar-refractivity contribution in [2.75, 3.05) is 26.8 Å². The Balaban J connectivity index is 2.34. The molecule has 0 aromatic rings. The van der Waals surface area contributed by atoms with Gasteiger partial charge in [-0.15, -0.1) is 0 Å². The first kappa shape index (κ1) is 15.9. The van der Waals surface area contributed by atoms with Crippen LogP contribution in [0.25, 0.3) is 0 Å². The van der Waals surface area contributed by atoms with Gasteiger partial charge in [-0.05, 0) is 37.6 Å². The first-order valence-electron chi connectivity index (χ1n) is 7.39. The molecule has 0 aliphatic heterocycles. The molecule has 0 heterocycles. The number of nitrogens with zero attached hydrogens (tertiary/aromatic N) is 1. The summed E-state index contributed by atoms with van der Waals surface area (Å²) in [6, 6.07) is 0.644. The Bertz CT molecular complexity index is 233. The Morgan fingerprint density at radius 2 is 1.94 bits per heavy atom. The van der Waals surface area contributed by atoms with Crippen LogP contribution in [0.2, 0.25) is 0 Å². The number of hydrogen-bond acceptors (Lipinski definition) is 3. The third-order valence-corrected chi connectivity index (χ3v) is 3.88. The molecule has 0 saturated heterocycles. The highest BCUT2D eigenvalue weighted by atomic mass is 16.5. The van der Waals surface area contributed by atoms with Crippen LogP contribution in [-0.4, -0.2) is 43.8 Å². The van der Waals surface area contributed by atoms with Gasteiger partial charge in [-0.25, -0.2) is 0 Å². The highest BCUT2D eigenvalue weighted by Gasteiger charge is 2.32. The molecule has 0 aromatic heterocycles. The van der Waals surface area contributed by atoms with Crippen LogP contribution in [0, 0.1) is 11.3 Å². The third-order valence-electron chi connectivity index (χ3n) is 3.88. The molecule has 3 heteroatoms. The van der Waals surface area contributed by atoms with Gasteiger partial charge in [0.1, 0.15) is 0 Å². The molecule has 18 heavy (non-hydrogen) atoms. The third kappa shape index (κ3) is 5.25. The standard InChI is InChI=1S/C15H32N2O/c1-6-13(16)14(15(2,3)4)17(5)9-10-18-11-12-7-8-12/h12-14H,6-11,16H2,1-5H3. The average molecular weight is 256 g/mol. The normalized spacial score (nSPS) is 20.2. The predicted octanol–water partition coefficient (Wildman–Crippen LogP) is 2.50. The average Bonchev–Trinajstić information content (AvgIpc) is 3.06. The van der Waals surface area contributed by atoms with Crippen molar-refractivity contribution in [1.29, 1.82) is 0 Å². The Hall–Kier alpha value is -0.120. The van der Waals surface area contributed by atoms with Crippen LogP contribution in [0.1, 0.15) is 47.0 Å². The lowest BCUT2D eigenvalue weighted by atomic mass is 9.80. The zero-order valence-electron chi connectivity index (χ0n) is 12.9. The van der Waals surface area contributed by atoms with E-state index in [1.54, 1.807) is 0 Å². The van der Waals surface area contributed by atoms with Crippen LogP contribution in [-0.2, 0) is 4.74 Å². The summed E-state index contributed by atoms with van der Waals surface area (Å²) in [6.45, 7) is 11.7. The first-order valence-corrected chi connectivity index (χ1v) is 7.39. The predicted molar refractivity (Wildman–Crippen MR) is 77.7 cm³/mol. The second-order valence-electron chi connectivity index (χ2n) is 6.88.